The van der Waals surface area contributed by atoms with Crippen molar-refractivity contribution in [3.63, 3.8) is 0 Å². The van der Waals surface area contributed by atoms with Gasteiger partial charge in [-0.25, -0.2) is 4.98 Å². The Kier molecular flexibility index (Phi) is 4.84. The van der Waals surface area contributed by atoms with Gasteiger partial charge in [0.05, 0.1) is 18.2 Å². The average Bonchev–Trinajstić information content (AvgIpc) is 3.09. The van der Waals surface area contributed by atoms with Gasteiger partial charge in [-0.1, -0.05) is 6.07 Å². The quantitative estimate of drug-likeness (QED) is 0.753. The minimum Gasteiger partial charge on any atom is -0.491 e. The molecule has 2 heterocycles. The van der Waals surface area contributed by atoms with Gasteiger partial charge in [-0.05, 0) is 36.4 Å². The average molecular weight is 320 g/mol. The zero-order chi connectivity index (χ0) is 16.8. The molecule has 0 spiro atoms. The van der Waals surface area contributed by atoms with E-state index in [0.29, 0.717) is 23.7 Å². The molecule has 0 radical (unpaired) electrons. The van der Waals surface area contributed by atoms with Crippen LogP contribution in [0.15, 0.2) is 61.1 Å². The molecule has 1 N–H and O–H groups in total. The molecule has 2 aromatic heterocycles. The lowest BCUT2D eigenvalue weighted by Crippen LogP contribution is -2.23. The van der Waals surface area contributed by atoms with Gasteiger partial charge in [-0.2, -0.15) is 5.26 Å². The van der Waals surface area contributed by atoms with E-state index in [1.807, 2.05) is 28.8 Å². The van der Waals surface area contributed by atoms with Crippen molar-refractivity contribution in [2.45, 2.75) is 12.6 Å². The fraction of sp³-hybridized carbons (Fsp3) is 0.167. The molecular weight excluding hydrogens is 304 g/mol. The second-order valence-electron chi connectivity index (χ2n) is 5.22. The Morgan fingerprint density at radius 3 is 2.67 bits per heavy atom. The van der Waals surface area contributed by atoms with Gasteiger partial charge in [0, 0.05) is 18.6 Å². The summed E-state index contributed by atoms with van der Waals surface area (Å²) in [4.78, 5) is 8.57. The minimum absolute atomic E-state index is 0.145. The molecule has 0 amide bonds. The number of hydrogen-bond acceptors (Lipinski definition) is 5. The van der Waals surface area contributed by atoms with Crippen LogP contribution in [0.2, 0.25) is 0 Å². The van der Waals surface area contributed by atoms with E-state index in [9.17, 15) is 5.11 Å². The van der Waals surface area contributed by atoms with Gasteiger partial charge in [-0.15, -0.1) is 0 Å². The van der Waals surface area contributed by atoms with E-state index in [-0.39, 0.29) is 6.61 Å². The third-order valence-electron chi connectivity index (χ3n) is 3.44. The summed E-state index contributed by atoms with van der Waals surface area (Å²) in [7, 11) is 0. The van der Waals surface area contributed by atoms with E-state index in [1.54, 1.807) is 42.9 Å². The predicted molar refractivity (Wildman–Crippen MR) is 88.1 cm³/mol. The number of ether oxygens (including phenoxy) is 1. The number of benzene rings is 1. The SMILES string of the molecule is N#Cc1ccc(OCC(O)Cn2ccnc2-c2ccccn2)cc1. The highest BCUT2D eigenvalue weighted by Gasteiger charge is 2.12. The molecule has 1 aromatic carbocycles. The van der Waals surface area contributed by atoms with Gasteiger partial charge in [0.2, 0.25) is 0 Å². The minimum atomic E-state index is -0.697. The first kappa shape index (κ1) is 15.7. The zero-order valence-electron chi connectivity index (χ0n) is 12.9. The number of hydrogen-bond donors (Lipinski definition) is 1. The molecule has 6 heteroatoms. The van der Waals surface area contributed by atoms with Gasteiger partial charge in [0.25, 0.3) is 0 Å². The zero-order valence-corrected chi connectivity index (χ0v) is 12.9. The van der Waals surface area contributed by atoms with Gasteiger partial charge < -0.3 is 14.4 Å². The van der Waals surface area contributed by atoms with Gasteiger partial charge in [0.15, 0.2) is 5.82 Å². The summed E-state index contributed by atoms with van der Waals surface area (Å²) in [5, 5.41) is 19.0. The number of aliphatic hydroxyl groups excluding tert-OH is 1. The lowest BCUT2D eigenvalue weighted by Gasteiger charge is -2.14. The largest absolute Gasteiger partial charge is 0.491 e. The first-order valence-corrected chi connectivity index (χ1v) is 7.50. The molecular formula is C18H16N4O2. The smallest absolute Gasteiger partial charge is 0.158 e. The van der Waals surface area contributed by atoms with E-state index < -0.39 is 6.10 Å². The molecule has 120 valence electrons. The molecule has 0 aliphatic carbocycles. The summed E-state index contributed by atoms with van der Waals surface area (Å²) in [6.07, 6.45) is 4.49. The summed E-state index contributed by atoms with van der Waals surface area (Å²) in [6.45, 7) is 0.494. The van der Waals surface area contributed by atoms with Crippen LogP contribution in [0.1, 0.15) is 5.56 Å². The second-order valence-corrected chi connectivity index (χ2v) is 5.22. The Labute approximate surface area is 139 Å². The molecule has 0 aliphatic rings. The van der Waals surface area contributed by atoms with Crippen LogP contribution in [0.5, 0.6) is 5.75 Å². The van der Waals surface area contributed by atoms with Crippen LogP contribution in [0.3, 0.4) is 0 Å². The van der Waals surface area contributed by atoms with Gasteiger partial charge in [-0.3, -0.25) is 4.98 Å². The molecule has 0 saturated carbocycles. The summed E-state index contributed by atoms with van der Waals surface area (Å²) < 4.78 is 7.40. The van der Waals surface area contributed by atoms with E-state index in [0.717, 1.165) is 5.69 Å². The number of aliphatic hydroxyl groups is 1. The van der Waals surface area contributed by atoms with Crippen LogP contribution in [0, 0.1) is 11.3 Å². The third-order valence-corrected chi connectivity index (χ3v) is 3.44. The topological polar surface area (TPSA) is 84.0 Å². The van der Waals surface area contributed by atoms with Crippen LogP contribution >= 0.6 is 0 Å². The maximum absolute atomic E-state index is 10.2. The van der Waals surface area contributed by atoms with Crippen molar-refractivity contribution in [3.8, 4) is 23.3 Å². The van der Waals surface area contributed by atoms with E-state index in [2.05, 4.69) is 9.97 Å². The molecule has 0 saturated heterocycles. The molecule has 0 bridgehead atoms. The molecule has 0 aliphatic heterocycles. The first-order valence-electron chi connectivity index (χ1n) is 7.50. The highest BCUT2D eigenvalue weighted by atomic mass is 16.5. The van der Waals surface area contributed by atoms with Gasteiger partial charge in [0.1, 0.15) is 24.2 Å². The fourth-order valence-corrected chi connectivity index (χ4v) is 2.28. The maximum Gasteiger partial charge on any atom is 0.158 e. The molecule has 1 unspecified atom stereocenters. The summed E-state index contributed by atoms with van der Waals surface area (Å²) in [5.74, 6) is 1.32. The normalized spacial score (nSPS) is 11.7. The maximum atomic E-state index is 10.2. The number of aromatic nitrogens is 3. The summed E-state index contributed by atoms with van der Waals surface area (Å²) >= 11 is 0. The predicted octanol–water partition coefficient (Wildman–Crippen LogP) is 2.26. The van der Waals surface area contributed by atoms with E-state index in [4.69, 9.17) is 10.00 Å². The van der Waals surface area contributed by atoms with E-state index >= 15 is 0 Å². The Morgan fingerprint density at radius 1 is 1.12 bits per heavy atom. The van der Waals surface area contributed by atoms with Crippen LogP contribution < -0.4 is 4.74 Å². The first-order chi connectivity index (χ1) is 11.8. The highest BCUT2D eigenvalue weighted by molar-refractivity contribution is 5.49. The van der Waals surface area contributed by atoms with Crippen molar-refractivity contribution < 1.29 is 9.84 Å². The number of pyridine rings is 1. The molecule has 6 nitrogen and oxygen atoms in total. The van der Waals surface area contributed by atoms with E-state index in [1.165, 1.54) is 0 Å². The van der Waals surface area contributed by atoms with Crippen molar-refractivity contribution in [3.05, 3.63) is 66.6 Å². The fourth-order valence-electron chi connectivity index (χ4n) is 2.28. The molecule has 1 atom stereocenters. The molecule has 3 rings (SSSR count). The Morgan fingerprint density at radius 2 is 1.96 bits per heavy atom. The number of rotatable bonds is 6. The van der Waals surface area contributed by atoms with Crippen LogP contribution in [0.4, 0.5) is 0 Å². The second kappa shape index (κ2) is 7.40. The Bertz CT molecular complexity index is 822. The Hall–Kier alpha value is -3.17. The lowest BCUT2D eigenvalue weighted by molar-refractivity contribution is 0.0928. The van der Waals surface area contributed by atoms with Crippen molar-refractivity contribution in [2.75, 3.05) is 6.61 Å². The lowest BCUT2D eigenvalue weighted by atomic mass is 10.2. The summed E-state index contributed by atoms with van der Waals surface area (Å²) in [6, 6.07) is 14.4. The number of nitriles is 1. The van der Waals surface area contributed by atoms with Crippen LogP contribution in [-0.2, 0) is 6.54 Å². The van der Waals surface area contributed by atoms with Gasteiger partial charge >= 0.3 is 0 Å². The van der Waals surface area contributed by atoms with Crippen molar-refractivity contribution in [1.29, 1.82) is 5.26 Å². The monoisotopic (exact) mass is 320 g/mol. The van der Waals surface area contributed by atoms with Crippen molar-refractivity contribution in [1.82, 2.24) is 14.5 Å². The van der Waals surface area contributed by atoms with Crippen molar-refractivity contribution in [2.24, 2.45) is 0 Å². The number of nitrogens with zero attached hydrogens (tertiary/aromatic N) is 4. The third kappa shape index (κ3) is 3.77. The van der Waals surface area contributed by atoms with Crippen LogP contribution in [0.25, 0.3) is 11.5 Å². The molecule has 3 aromatic rings. The van der Waals surface area contributed by atoms with Crippen LogP contribution in [-0.4, -0.2) is 32.4 Å². The molecule has 0 fully saturated rings. The highest BCUT2D eigenvalue weighted by Crippen LogP contribution is 2.15. The standard InChI is InChI=1S/C18H16N4O2/c19-11-14-4-6-16(7-5-14)24-13-15(23)12-22-10-9-21-18(22)17-3-1-2-8-20-17/h1-10,15,23H,12-13H2. The summed E-state index contributed by atoms with van der Waals surface area (Å²) in [5.41, 5.74) is 1.32. The molecule has 24 heavy (non-hydrogen) atoms. The Balaban J connectivity index is 1.60. The van der Waals surface area contributed by atoms with Crippen molar-refractivity contribution >= 4 is 0 Å². The number of imidazole rings is 1.